The summed E-state index contributed by atoms with van der Waals surface area (Å²) in [5, 5.41) is 0.635. The molecule has 1 aliphatic rings. The third kappa shape index (κ3) is 3.37. The molecule has 0 spiro atoms. The normalized spacial score (nSPS) is 15.3. The third-order valence-electron chi connectivity index (χ3n) is 3.33. The molecule has 0 radical (unpaired) electrons. The average Bonchev–Trinajstić information content (AvgIpc) is 2.40. The number of hydrogen-bond donors (Lipinski definition) is 0. The van der Waals surface area contributed by atoms with E-state index in [1.807, 2.05) is 12.1 Å². The Hall–Kier alpha value is -1.32. The second-order valence-electron chi connectivity index (χ2n) is 4.71. The van der Waals surface area contributed by atoms with Crippen molar-refractivity contribution in [2.24, 2.45) is 0 Å². The highest BCUT2D eigenvalue weighted by Gasteiger charge is 2.15. The fraction of sp³-hybridized carbons (Fsp3) is 0.400. The van der Waals surface area contributed by atoms with Crippen LogP contribution in [0.4, 0.5) is 5.69 Å². The van der Waals surface area contributed by atoms with Gasteiger partial charge in [-0.1, -0.05) is 17.7 Å². The monoisotopic (exact) mass is 279 g/mol. The number of Topliss-reactive ketones (excluding diaryl/α,β-unsaturated/α-hetero) is 1. The van der Waals surface area contributed by atoms with E-state index < -0.39 is 0 Å². The van der Waals surface area contributed by atoms with Gasteiger partial charge in [-0.25, -0.2) is 0 Å². The zero-order valence-corrected chi connectivity index (χ0v) is 12.0. The van der Waals surface area contributed by atoms with Gasteiger partial charge in [-0.3, -0.25) is 4.79 Å². The van der Waals surface area contributed by atoms with Crippen molar-refractivity contribution >= 4 is 23.1 Å². The molecule has 3 nitrogen and oxygen atoms in total. The van der Waals surface area contributed by atoms with Crippen LogP contribution < -0.4 is 4.90 Å². The van der Waals surface area contributed by atoms with E-state index in [1.165, 1.54) is 5.57 Å². The van der Waals surface area contributed by atoms with Crippen LogP contribution in [0.3, 0.4) is 0 Å². The van der Waals surface area contributed by atoms with Crippen LogP contribution in [-0.4, -0.2) is 32.6 Å². The molecule has 0 bridgehead atoms. The lowest BCUT2D eigenvalue weighted by Gasteiger charge is -2.29. The first-order valence-corrected chi connectivity index (χ1v) is 6.72. The Morgan fingerprint density at radius 3 is 2.79 bits per heavy atom. The molecule has 0 fully saturated rings. The molecule has 0 N–H and O–H groups in total. The van der Waals surface area contributed by atoms with Crippen LogP contribution in [0.5, 0.6) is 0 Å². The van der Waals surface area contributed by atoms with Crippen LogP contribution in [0, 0.1) is 0 Å². The first-order valence-electron chi connectivity index (χ1n) is 6.34. The molecular formula is C15H18ClNO2. The molecule has 19 heavy (non-hydrogen) atoms. The van der Waals surface area contributed by atoms with Crippen LogP contribution in [0.2, 0.25) is 5.02 Å². The topological polar surface area (TPSA) is 29.5 Å². The van der Waals surface area contributed by atoms with E-state index in [2.05, 4.69) is 11.0 Å². The van der Waals surface area contributed by atoms with E-state index in [1.54, 1.807) is 20.1 Å². The van der Waals surface area contributed by atoms with Crippen LogP contribution in [0.15, 0.2) is 29.8 Å². The molecule has 0 unspecified atom stereocenters. The summed E-state index contributed by atoms with van der Waals surface area (Å²) in [7, 11) is 1.71. The van der Waals surface area contributed by atoms with Gasteiger partial charge < -0.3 is 9.64 Å². The quantitative estimate of drug-likeness (QED) is 0.625. The van der Waals surface area contributed by atoms with Gasteiger partial charge in [0.1, 0.15) is 0 Å². The molecular weight excluding hydrogens is 262 g/mol. The number of carbonyl (C=O) groups is 1. The zero-order valence-electron chi connectivity index (χ0n) is 11.3. The maximum Gasteiger partial charge on any atom is 0.159 e. The van der Waals surface area contributed by atoms with E-state index >= 15 is 0 Å². The summed E-state index contributed by atoms with van der Waals surface area (Å²) in [6.45, 7) is 4.00. The number of hydrogen-bond acceptors (Lipinski definition) is 3. The van der Waals surface area contributed by atoms with E-state index in [9.17, 15) is 4.79 Å². The van der Waals surface area contributed by atoms with Gasteiger partial charge in [0, 0.05) is 25.8 Å². The summed E-state index contributed by atoms with van der Waals surface area (Å²) in [4.78, 5) is 13.5. The standard InChI is InChI=1S/C15H18ClNO2/c1-11(18)13-3-4-15(14(16)9-13)17-7-5-12(6-8-17)10-19-2/h3-5,9H,6-8,10H2,1-2H3. The molecule has 0 amide bonds. The second kappa shape index (κ2) is 6.22. The molecule has 4 heteroatoms. The number of halogens is 1. The molecule has 0 saturated heterocycles. The van der Waals surface area contributed by atoms with Crippen LogP contribution in [0.25, 0.3) is 0 Å². The highest BCUT2D eigenvalue weighted by molar-refractivity contribution is 6.33. The summed E-state index contributed by atoms with van der Waals surface area (Å²) in [5.41, 5.74) is 2.97. The number of carbonyl (C=O) groups excluding carboxylic acids is 1. The van der Waals surface area contributed by atoms with Gasteiger partial charge in [0.15, 0.2) is 5.78 Å². The number of nitrogens with zero attached hydrogens (tertiary/aromatic N) is 1. The molecule has 1 heterocycles. The molecule has 0 saturated carbocycles. The molecule has 102 valence electrons. The fourth-order valence-corrected chi connectivity index (χ4v) is 2.53. The van der Waals surface area contributed by atoms with E-state index in [-0.39, 0.29) is 5.78 Å². The zero-order chi connectivity index (χ0) is 13.8. The summed E-state index contributed by atoms with van der Waals surface area (Å²) >= 11 is 6.27. The van der Waals surface area contributed by atoms with Gasteiger partial charge in [0.05, 0.1) is 17.3 Å². The van der Waals surface area contributed by atoms with Crippen molar-refractivity contribution in [2.45, 2.75) is 13.3 Å². The summed E-state index contributed by atoms with van der Waals surface area (Å²) in [5.74, 6) is 0.0365. The molecule has 1 aliphatic heterocycles. The van der Waals surface area contributed by atoms with Crippen LogP contribution in [-0.2, 0) is 4.74 Å². The summed E-state index contributed by atoms with van der Waals surface area (Å²) in [6.07, 6.45) is 3.17. The predicted octanol–water partition coefficient (Wildman–Crippen LogP) is 3.33. The lowest BCUT2D eigenvalue weighted by molar-refractivity contribution is 0.101. The van der Waals surface area contributed by atoms with Crippen molar-refractivity contribution in [2.75, 3.05) is 31.7 Å². The highest BCUT2D eigenvalue weighted by Crippen LogP contribution is 2.29. The maximum absolute atomic E-state index is 11.3. The minimum absolute atomic E-state index is 0.0365. The molecule has 0 aliphatic carbocycles. The number of ether oxygens (including phenoxy) is 1. The molecule has 0 atom stereocenters. The molecule has 2 rings (SSSR count). The Bertz CT molecular complexity index is 511. The van der Waals surface area contributed by atoms with Gasteiger partial charge in [-0.2, -0.15) is 0 Å². The van der Waals surface area contributed by atoms with Crippen LogP contribution >= 0.6 is 11.6 Å². The van der Waals surface area contributed by atoms with E-state index in [0.29, 0.717) is 17.2 Å². The van der Waals surface area contributed by atoms with Gasteiger partial charge in [-0.15, -0.1) is 0 Å². The van der Waals surface area contributed by atoms with Gasteiger partial charge in [0.2, 0.25) is 0 Å². The number of anilines is 1. The van der Waals surface area contributed by atoms with Crippen LogP contribution in [0.1, 0.15) is 23.7 Å². The SMILES string of the molecule is COCC1=CCN(c2ccc(C(C)=O)cc2Cl)CC1. The first kappa shape index (κ1) is 14.1. The third-order valence-corrected chi connectivity index (χ3v) is 3.63. The Morgan fingerprint density at radius 2 is 2.26 bits per heavy atom. The minimum Gasteiger partial charge on any atom is -0.380 e. The molecule has 0 aromatic heterocycles. The van der Waals surface area contributed by atoms with Crippen molar-refractivity contribution in [3.8, 4) is 0 Å². The number of methoxy groups -OCH3 is 1. The number of rotatable bonds is 4. The summed E-state index contributed by atoms with van der Waals surface area (Å²) in [6, 6.07) is 5.50. The number of ketones is 1. The van der Waals surface area contributed by atoms with Gasteiger partial charge >= 0.3 is 0 Å². The van der Waals surface area contributed by atoms with Gasteiger partial charge in [-0.05, 0) is 37.1 Å². The second-order valence-corrected chi connectivity index (χ2v) is 5.12. The predicted molar refractivity (Wildman–Crippen MR) is 78.2 cm³/mol. The van der Waals surface area contributed by atoms with Crippen molar-refractivity contribution in [1.29, 1.82) is 0 Å². The number of benzene rings is 1. The van der Waals surface area contributed by atoms with Crippen molar-refractivity contribution in [3.63, 3.8) is 0 Å². The molecule has 1 aromatic rings. The Balaban J connectivity index is 2.14. The first-order chi connectivity index (χ1) is 9.11. The minimum atomic E-state index is 0.0365. The van der Waals surface area contributed by atoms with E-state index in [4.69, 9.17) is 16.3 Å². The Kier molecular flexibility index (Phi) is 4.61. The lowest BCUT2D eigenvalue weighted by Crippen LogP contribution is -2.29. The average molecular weight is 280 g/mol. The maximum atomic E-state index is 11.3. The Morgan fingerprint density at radius 1 is 1.47 bits per heavy atom. The van der Waals surface area contributed by atoms with Crippen molar-refractivity contribution < 1.29 is 9.53 Å². The van der Waals surface area contributed by atoms with Crippen molar-refractivity contribution in [3.05, 3.63) is 40.4 Å². The lowest BCUT2D eigenvalue weighted by atomic mass is 10.1. The highest BCUT2D eigenvalue weighted by atomic mass is 35.5. The summed E-state index contributed by atoms with van der Waals surface area (Å²) < 4.78 is 5.14. The van der Waals surface area contributed by atoms with E-state index in [0.717, 1.165) is 25.2 Å². The smallest absolute Gasteiger partial charge is 0.159 e. The fourth-order valence-electron chi connectivity index (χ4n) is 2.23. The largest absolute Gasteiger partial charge is 0.380 e. The van der Waals surface area contributed by atoms with Crippen molar-refractivity contribution in [1.82, 2.24) is 0 Å². The van der Waals surface area contributed by atoms with Gasteiger partial charge in [0.25, 0.3) is 0 Å². The Labute approximate surface area is 118 Å². The molecule has 1 aromatic carbocycles.